The minimum absolute atomic E-state index is 0.00662. The summed E-state index contributed by atoms with van der Waals surface area (Å²) in [5.74, 6) is 0.545. The van der Waals surface area contributed by atoms with E-state index in [1.807, 2.05) is 24.3 Å². The lowest BCUT2D eigenvalue weighted by molar-refractivity contribution is -0.119. The number of methoxy groups -OCH3 is 1. The van der Waals surface area contributed by atoms with Crippen molar-refractivity contribution in [2.45, 2.75) is 26.2 Å². The highest BCUT2D eigenvalue weighted by molar-refractivity contribution is 6.15. The van der Waals surface area contributed by atoms with Crippen LogP contribution in [0.4, 0.5) is 5.69 Å². The van der Waals surface area contributed by atoms with Gasteiger partial charge in [-0.1, -0.05) is 19.4 Å². The summed E-state index contributed by atoms with van der Waals surface area (Å²) in [5.41, 5.74) is 7.29. The quantitative estimate of drug-likeness (QED) is 0.865. The van der Waals surface area contributed by atoms with Gasteiger partial charge in [0, 0.05) is 6.07 Å². The Hall–Kier alpha value is -1.88. The van der Waals surface area contributed by atoms with Crippen LogP contribution in [0.3, 0.4) is 0 Å². The molecule has 2 rings (SSSR count). The number of benzene rings is 1. The predicted octanol–water partition coefficient (Wildman–Crippen LogP) is 2.16. The first-order chi connectivity index (χ1) is 9.71. The van der Waals surface area contributed by atoms with Crippen molar-refractivity contribution >= 4 is 17.3 Å². The number of hydrogen-bond donors (Lipinski definition) is 1. The lowest BCUT2D eigenvalue weighted by Crippen LogP contribution is -2.29. The molecule has 20 heavy (non-hydrogen) atoms. The molecule has 1 atom stereocenters. The Balaban J connectivity index is 2.29. The van der Waals surface area contributed by atoms with Crippen LogP contribution in [-0.4, -0.2) is 25.3 Å². The first-order valence-corrected chi connectivity index (χ1v) is 6.96. The topological polar surface area (TPSA) is 67.9 Å². The zero-order chi connectivity index (χ0) is 14.5. The number of nitrogens with two attached hydrogens (primary N) is 1. The van der Waals surface area contributed by atoms with Crippen LogP contribution in [0.25, 0.3) is 0 Å². The molecule has 0 bridgehead atoms. The average Bonchev–Trinajstić information content (AvgIpc) is 2.77. The predicted molar refractivity (Wildman–Crippen MR) is 80.0 cm³/mol. The maximum absolute atomic E-state index is 12.5. The van der Waals surface area contributed by atoms with Crippen LogP contribution in [0.5, 0.6) is 5.75 Å². The Kier molecular flexibility index (Phi) is 4.74. The maximum Gasteiger partial charge on any atom is 0.256 e. The van der Waals surface area contributed by atoms with Gasteiger partial charge in [0.1, 0.15) is 5.75 Å². The van der Waals surface area contributed by atoms with Gasteiger partial charge in [-0.25, -0.2) is 5.01 Å². The van der Waals surface area contributed by atoms with Gasteiger partial charge in [-0.05, 0) is 31.5 Å². The molecule has 108 valence electrons. The summed E-state index contributed by atoms with van der Waals surface area (Å²) in [6.45, 7) is 2.58. The molecule has 0 spiro atoms. The van der Waals surface area contributed by atoms with Gasteiger partial charge in [0.05, 0.1) is 24.4 Å². The summed E-state index contributed by atoms with van der Waals surface area (Å²) in [5, 5.41) is 5.97. The Labute approximate surface area is 119 Å². The van der Waals surface area contributed by atoms with E-state index in [-0.39, 0.29) is 11.8 Å². The van der Waals surface area contributed by atoms with Gasteiger partial charge in [0.2, 0.25) is 0 Å². The second-order valence-corrected chi connectivity index (χ2v) is 4.82. The van der Waals surface area contributed by atoms with Crippen molar-refractivity contribution in [2.24, 2.45) is 16.8 Å². The zero-order valence-corrected chi connectivity index (χ0v) is 12.0. The van der Waals surface area contributed by atoms with Gasteiger partial charge in [0.25, 0.3) is 5.91 Å². The van der Waals surface area contributed by atoms with Crippen molar-refractivity contribution in [3.8, 4) is 5.75 Å². The highest BCUT2D eigenvalue weighted by Crippen LogP contribution is 2.29. The van der Waals surface area contributed by atoms with Gasteiger partial charge in [0.15, 0.2) is 0 Å². The minimum atomic E-state index is -0.175. The third-order valence-corrected chi connectivity index (χ3v) is 3.40. The largest absolute Gasteiger partial charge is 0.497 e. The number of anilines is 1. The average molecular weight is 275 g/mol. The van der Waals surface area contributed by atoms with E-state index >= 15 is 0 Å². The van der Waals surface area contributed by atoms with Crippen LogP contribution in [0, 0.1) is 5.92 Å². The van der Waals surface area contributed by atoms with E-state index in [2.05, 4.69) is 12.0 Å². The molecule has 1 heterocycles. The van der Waals surface area contributed by atoms with E-state index in [4.69, 9.17) is 10.5 Å². The fourth-order valence-electron chi connectivity index (χ4n) is 2.40. The number of amides is 1. The molecule has 1 amide bonds. The second-order valence-electron chi connectivity index (χ2n) is 4.82. The number of rotatable bonds is 6. The van der Waals surface area contributed by atoms with Crippen LogP contribution in [-0.2, 0) is 4.79 Å². The fraction of sp³-hybridized carbons (Fsp3) is 0.467. The highest BCUT2D eigenvalue weighted by Gasteiger charge is 2.35. The molecular weight excluding hydrogens is 254 g/mol. The van der Waals surface area contributed by atoms with E-state index in [0.29, 0.717) is 18.7 Å². The van der Waals surface area contributed by atoms with Gasteiger partial charge in [-0.15, -0.1) is 0 Å². The summed E-state index contributed by atoms with van der Waals surface area (Å²) in [7, 11) is 1.61. The number of ether oxygens (including phenoxy) is 1. The summed E-state index contributed by atoms with van der Waals surface area (Å²) < 4.78 is 5.19. The summed E-state index contributed by atoms with van der Waals surface area (Å²) in [6, 6.07) is 7.37. The van der Waals surface area contributed by atoms with Crippen molar-refractivity contribution in [2.75, 3.05) is 18.7 Å². The van der Waals surface area contributed by atoms with Crippen molar-refractivity contribution in [3.63, 3.8) is 0 Å². The number of hydrogen-bond acceptors (Lipinski definition) is 4. The monoisotopic (exact) mass is 275 g/mol. The molecule has 1 aromatic rings. The molecule has 0 radical (unpaired) electrons. The molecule has 0 fully saturated rings. The molecule has 2 N–H and O–H groups in total. The van der Waals surface area contributed by atoms with Gasteiger partial charge in [-0.2, -0.15) is 5.10 Å². The molecule has 1 aliphatic rings. The van der Waals surface area contributed by atoms with Crippen LogP contribution >= 0.6 is 0 Å². The van der Waals surface area contributed by atoms with Gasteiger partial charge >= 0.3 is 0 Å². The normalized spacial score (nSPS) is 18.4. The third-order valence-electron chi connectivity index (χ3n) is 3.40. The minimum Gasteiger partial charge on any atom is -0.497 e. The third kappa shape index (κ3) is 2.82. The molecular formula is C15H21N3O2. The molecule has 1 unspecified atom stereocenters. The Morgan fingerprint density at radius 1 is 1.45 bits per heavy atom. The Morgan fingerprint density at radius 3 is 2.90 bits per heavy atom. The van der Waals surface area contributed by atoms with Crippen LogP contribution in [0.2, 0.25) is 0 Å². The molecule has 0 saturated heterocycles. The number of nitrogens with zero attached hydrogens (tertiary/aromatic N) is 2. The van der Waals surface area contributed by atoms with E-state index in [0.717, 1.165) is 24.2 Å². The summed E-state index contributed by atoms with van der Waals surface area (Å²) in [6.07, 6.45) is 2.45. The van der Waals surface area contributed by atoms with Gasteiger partial charge in [-0.3, -0.25) is 4.79 Å². The van der Waals surface area contributed by atoms with Crippen molar-refractivity contribution in [3.05, 3.63) is 24.3 Å². The Morgan fingerprint density at radius 2 is 2.25 bits per heavy atom. The van der Waals surface area contributed by atoms with E-state index in [1.165, 1.54) is 5.01 Å². The number of carbonyl (C=O) groups is 1. The van der Waals surface area contributed by atoms with E-state index < -0.39 is 0 Å². The van der Waals surface area contributed by atoms with Crippen molar-refractivity contribution in [1.82, 2.24) is 0 Å². The lowest BCUT2D eigenvalue weighted by atomic mass is 9.96. The molecule has 5 heteroatoms. The van der Waals surface area contributed by atoms with Crippen LogP contribution < -0.4 is 15.5 Å². The van der Waals surface area contributed by atoms with Gasteiger partial charge < -0.3 is 10.5 Å². The smallest absolute Gasteiger partial charge is 0.256 e. The first-order valence-electron chi connectivity index (χ1n) is 6.96. The SMILES string of the molecule is CCCC1=NN(c2cccc(OC)c2)C(=O)C1CCN. The maximum atomic E-state index is 12.5. The van der Waals surface area contributed by atoms with Crippen LogP contribution in [0.15, 0.2) is 29.4 Å². The molecule has 5 nitrogen and oxygen atoms in total. The second kappa shape index (κ2) is 6.52. The fourth-order valence-corrected chi connectivity index (χ4v) is 2.40. The van der Waals surface area contributed by atoms with E-state index in [9.17, 15) is 4.79 Å². The molecule has 0 aliphatic carbocycles. The lowest BCUT2D eigenvalue weighted by Gasteiger charge is -2.14. The van der Waals surface area contributed by atoms with Crippen molar-refractivity contribution < 1.29 is 9.53 Å². The zero-order valence-electron chi connectivity index (χ0n) is 12.0. The standard InChI is InChI=1S/C15H21N3O2/c1-3-5-14-13(8-9-16)15(19)18(17-14)11-6-4-7-12(10-11)20-2/h4,6-7,10,13H,3,5,8-9,16H2,1-2H3. The Bertz CT molecular complexity index is 514. The number of hydrazone groups is 1. The van der Waals surface area contributed by atoms with Crippen molar-refractivity contribution in [1.29, 1.82) is 0 Å². The highest BCUT2D eigenvalue weighted by atomic mass is 16.5. The molecule has 0 saturated carbocycles. The van der Waals surface area contributed by atoms with Crippen LogP contribution in [0.1, 0.15) is 26.2 Å². The summed E-state index contributed by atoms with van der Waals surface area (Å²) in [4.78, 5) is 12.5. The first kappa shape index (κ1) is 14.5. The number of carbonyl (C=O) groups excluding carboxylic acids is 1. The molecule has 0 aromatic heterocycles. The molecule has 1 aliphatic heterocycles. The molecule has 1 aromatic carbocycles. The van der Waals surface area contributed by atoms with E-state index in [1.54, 1.807) is 7.11 Å². The summed E-state index contributed by atoms with van der Waals surface area (Å²) >= 11 is 0.